The number of sulfonamides is 1. The minimum atomic E-state index is -3.90. The molecule has 2 aliphatic rings. The molecule has 21 heteroatoms. The smallest absolute Gasteiger partial charge is 0.293 e. The average molecular weight is 863 g/mol. The van der Waals surface area contributed by atoms with E-state index in [1.807, 2.05) is 0 Å². The highest BCUT2D eigenvalue weighted by Crippen LogP contribution is 2.68. The number of aromatic nitrogens is 6. The van der Waals surface area contributed by atoms with Crippen molar-refractivity contribution in [1.29, 1.82) is 0 Å². The standard InChI is InChI=1S/C38H33ClF6N8O5S/c1-16(2)58-20-5-6-21-25(13-20)47-36(53(37(21)55)27-8-7-24(39)30-32(27)51(3)49-35(30)50-59(4,56)57)26(11-17-9-18(40)12-19(41)10-17)46-28(54)15-52-33-29(31(48-52)34(42)43)22-14-23(22)38(33,44)45/h5-10,12-13,16,22-23,26,34H,11,14-15H2,1-4H3,(H,46,54)(H,49,50)/t22-,23+,26+/m1/s1. The lowest BCUT2D eigenvalue weighted by Gasteiger charge is -2.24. The fourth-order valence-corrected chi connectivity index (χ4v) is 8.64. The Hall–Kier alpha value is -5.63. The van der Waals surface area contributed by atoms with E-state index in [0.29, 0.717) is 16.5 Å². The second kappa shape index (κ2) is 14.3. The second-order valence-electron chi connectivity index (χ2n) is 14.9. The van der Waals surface area contributed by atoms with Crippen molar-refractivity contribution in [2.75, 3.05) is 11.0 Å². The van der Waals surface area contributed by atoms with Gasteiger partial charge in [-0.1, -0.05) is 11.6 Å². The fraction of sp³-hybridized carbons (Fsp3) is 0.342. The van der Waals surface area contributed by atoms with Gasteiger partial charge in [-0.05, 0) is 68.1 Å². The molecule has 3 aromatic heterocycles. The van der Waals surface area contributed by atoms with Gasteiger partial charge in [-0.2, -0.15) is 19.0 Å². The summed E-state index contributed by atoms with van der Waals surface area (Å²) in [6.45, 7) is 2.57. The van der Waals surface area contributed by atoms with Crippen LogP contribution in [0.4, 0.5) is 32.2 Å². The van der Waals surface area contributed by atoms with Crippen LogP contribution in [-0.2, 0) is 40.8 Å². The first-order valence-corrected chi connectivity index (χ1v) is 20.4. The van der Waals surface area contributed by atoms with Gasteiger partial charge in [-0.15, -0.1) is 0 Å². The number of alkyl halides is 4. The number of halogens is 7. The highest BCUT2D eigenvalue weighted by atomic mass is 35.5. The topological polar surface area (TPSA) is 155 Å². The Kier molecular flexibility index (Phi) is 9.72. The van der Waals surface area contributed by atoms with Gasteiger partial charge in [0.25, 0.3) is 17.9 Å². The van der Waals surface area contributed by atoms with E-state index in [4.69, 9.17) is 21.3 Å². The van der Waals surface area contributed by atoms with Gasteiger partial charge in [0.2, 0.25) is 15.9 Å². The van der Waals surface area contributed by atoms with Crippen molar-refractivity contribution in [3.8, 4) is 11.4 Å². The maximum absolute atomic E-state index is 15.5. The van der Waals surface area contributed by atoms with E-state index in [1.54, 1.807) is 13.8 Å². The molecule has 0 saturated heterocycles. The molecule has 2 N–H and O–H groups in total. The van der Waals surface area contributed by atoms with Gasteiger partial charge >= 0.3 is 0 Å². The minimum absolute atomic E-state index is 0.000591. The summed E-state index contributed by atoms with van der Waals surface area (Å²) in [5, 5.41) is 10.8. The molecular formula is C38H33ClF6N8O5S. The van der Waals surface area contributed by atoms with E-state index in [-0.39, 0.29) is 67.8 Å². The lowest BCUT2D eigenvalue weighted by atomic mass is 10.0. The molecule has 59 heavy (non-hydrogen) atoms. The number of nitrogens with zero attached hydrogens (tertiary/aromatic N) is 6. The molecule has 1 fully saturated rings. The summed E-state index contributed by atoms with van der Waals surface area (Å²) < 4.78 is 124. The Morgan fingerprint density at radius 1 is 1.07 bits per heavy atom. The van der Waals surface area contributed by atoms with Gasteiger partial charge in [-0.3, -0.25) is 28.2 Å². The summed E-state index contributed by atoms with van der Waals surface area (Å²) in [5.41, 5.74) is -2.49. The SMILES string of the molecule is CC(C)Oc1ccc2c(=O)n(-c3ccc(Cl)c4c(NS(C)(=O)=O)nn(C)c34)c([C@H](Cc3cc(F)cc(F)c3)NC(=O)Cn3nc(C(F)F)c4c3C(F)(F)[C@H]3C[C@@H]43)nc2c1. The molecule has 310 valence electrons. The Bertz CT molecular complexity index is 2880. The maximum atomic E-state index is 15.5. The Labute approximate surface area is 336 Å². The van der Waals surface area contributed by atoms with Crippen molar-refractivity contribution in [2.24, 2.45) is 13.0 Å². The van der Waals surface area contributed by atoms with E-state index in [1.165, 1.54) is 42.1 Å². The van der Waals surface area contributed by atoms with Gasteiger partial charge in [0.1, 0.15) is 41.1 Å². The number of aryl methyl sites for hydroxylation is 1. The number of hydrogen-bond acceptors (Lipinski definition) is 8. The number of amides is 1. The zero-order valence-electron chi connectivity index (χ0n) is 31.4. The van der Waals surface area contributed by atoms with E-state index in [0.717, 1.165) is 23.0 Å². The van der Waals surface area contributed by atoms with Crippen molar-refractivity contribution in [1.82, 2.24) is 34.4 Å². The van der Waals surface area contributed by atoms with Crippen LogP contribution in [0.3, 0.4) is 0 Å². The third kappa shape index (κ3) is 7.25. The Morgan fingerprint density at radius 2 is 1.78 bits per heavy atom. The van der Waals surface area contributed by atoms with Crippen molar-refractivity contribution in [2.45, 2.75) is 63.6 Å². The number of carbonyl (C=O) groups excluding carboxylic acids is 1. The van der Waals surface area contributed by atoms with E-state index in [9.17, 15) is 35.6 Å². The molecule has 3 atom stereocenters. The molecule has 13 nitrogen and oxygen atoms in total. The summed E-state index contributed by atoms with van der Waals surface area (Å²) in [5.74, 6) is -8.68. The molecule has 0 spiro atoms. The maximum Gasteiger partial charge on any atom is 0.293 e. The number of rotatable bonds is 12. The number of nitrogens with one attached hydrogen (secondary N) is 2. The van der Waals surface area contributed by atoms with Crippen molar-refractivity contribution < 1.29 is 44.3 Å². The zero-order valence-corrected chi connectivity index (χ0v) is 33.0. The van der Waals surface area contributed by atoms with Crippen LogP contribution in [0, 0.1) is 17.6 Å². The molecule has 3 heterocycles. The summed E-state index contributed by atoms with van der Waals surface area (Å²) in [6.07, 6.45) is -3.05. The number of ether oxygens (including phenoxy) is 1. The van der Waals surface area contributed by atoms with Gasteiger partial charge in [0, 0.05) is 37.1 Å². The van der Waals surface area contributed by atoms with Gasteiger partial charge in [-0.25, -0.2) is 31.0 Å². The monoisotopic (exact) mass is 862 g/mol. The Morgan fingerprint density at radius 3 is 2.44 bits per heavy atom. The van der Waals surface area contributed by atoms with E-state index in [2.05, 4.69) is 20.2 Å². The summed E-state index contributed by atoms with van der Waals surface area (Å²) in [7, 11) is -2.45. The molecule has 0 bridgehead atoms. The summed E-state index contributed by atoms with van der Waals surface area (Å²) in [4.78, 5) is 33.6. The van der Waals surface area contributed by atoms with Crippen LogP contribution >= 0.6 is 11.6 Å². The van der Waals surface area contributed by atoms with Crippen molar-refractivity contribution >= 4 is 55.2 Å². The predicted octanol–water partition coefficient (Wildman–Crippen LogP) is 6.81. The average Bonchev–Trinajstić information content (AvgIpc) is 3.66. The number of anilines is 1. The normalized spacial score (nSPS) is 17.4. The van der Waals surface area contributed by atoms with Crippen molar-refractivity contribution in [3.05, 3.63) is 104 Å². The number of benzene rings is 3. The molecule has 1 saturated carbocycles. The number of fused-ring (bicyclic) bond motifs is 5. The molecule has 0 unspecified atom stereocenters. The first-order chi connectivity index (χ1) is 27.7. The number of hydrogen-bond donors (Lipinski definition) is 2. The van der Waals surface area contributed by atoms with Crippen LogP contribution in [-0.4, -0.2) is 55.8 Å². The van der Waals surface area contributed by atoms with Gasteiger partial charge in [0.15, 0.2) is 5.82 Å². The number of carbonyl (C=O) groups is 1. The summed E-state index contributed by atoms with van der Waals surface area (Å²) >= 11 is 6.59. The zero-order chi connectivity index (χ0) is 42.5. The molecule has 0 radical (unpaired) electrons. The molecule has 3 aromatic carbocycles. The molecule has 2 aliphatic carbocycles. The van der Waals surface area contributed by atoms with Crippen LogP contribution in [0.2, 0.25) is 5.02 Å². The third-order valence-corrected chi connectivity index (χ3v) is 11.0. The molecule has 0 aliphatic heterocycles. The highest BCUT2D eigenvalue weighted by Gasteiger charge is 2.67. The lowest BCUT2D eigenvalue weighted by molar-refractivity contribution is -0.123. The minimum Gasteiger partial charge on any atom is -0.491 e. The van der Waals surface area contributed by atoms with E-state index >= 15 is 8.78 Å². The van der Waals surface area contributed by atoms with Crippen LogP contribution in [0.15, 0.2) is 53.3 Å². The summed E-state index contributed by atoms with van der Waals surface area (Å²) in [6, 6.07) is 8.32. The third-order valence-electron chi connectivity index (χ3n) is 10.1. The van der Waals surface area contributed by atoms with Crippen molar-refractivity contribution in [3.63, 3.8) is 0 Å². The van der Waals surface area contributed by atoms with Gasteiger partial charge < -0.3 is 10.1 Å². The molecule has 1 amide bonds. The van der Waals surface area contributed by atoms with Crippen LogP contribution in [0.25, 0.3) is 27.5 Å². The second-order valence-corrected chi connectivity index (χ2v) is 17.0. The Balaban J connectivity index is 1.33. The first-order valence-electron chi connectivity index (χ1n) is 18.1. The van der Waals surface area contributed by atoms with Crippen LogP contribution in [0.5, 0.6) is 5.75 Å². The predicted molar refractivity (Wildman–Crippen MR) is 204 cm³/mol. The molecular weight excluding hydrogens is 830 g/mol. The van der Waals surface area contributed by atoms with E-state index < -0.39 is 87.7 Å². The molecule has 6 aromatic rings. The first kappa shape index (κ1) is 40.2. The van der Waals surface area contributed by atoms with Crippen LogP contribution < -0.4 is 20.3 Å². The largest absolute Gasteiger partial charge is 0.491 e. The van der Waals surface area contributed by atoms with Gasteiger partial charge in [0.05, 0.1) is 50.9 Å². The highest BCUT2D eigenvalue weighted by molar-refractivity contribution is 7.92. The quantitative estimate of drug-likeness (QED) is 0.127. The lowest BCUT2D eigenvalue weighted by Crippen LogP contribution is -2.38. The molecule has 8 rings (SSSR count). The fourth-order valence-electron chi connectivity index (χ4n) is 7.91. The van der Waals surface area contributed by atoms with Crippen LogP contribution in [0.1, 0.15) is 67.0 Å².